The zero-order valence-electron chi connectivity index (χ0n) is 15.0. The van der Waals surface area contributed by atoms with Gasteiger partial charge in [-0.05, 0) is 42.3 Å². The number of carbonyl (C=O) groups excluding carboxylic acids is 1. The Bertz CT molecular complexity index is 1060. The lowest BCUT2D eigenvalue weighted by atomic mass is 9.94. The van der Waals surface area contributed by atoms with Gasteiger partial charge in [-0.25, -0.2) is 14.5 Å². The van der Waals surface area contributed by atoms with Gasteiger partial charge in [0.2, 0.25) is 5.82 Å². The van der Waals surface area contributed by atoms with E-state index in [9.17, 15) is 14.7 Å². The van der Waals surface area contributed by atoms with Crippen LogP contribution in [0, 0.1) is 6.92 Å². The summed E-state index contributed by atoms with van der Waals surface area (Å²) in [5.74, 6) is -1.05. The average molecular weight is 397 g/mol. The zero-order valence-corrected chi connectivity index (χ0v) is 15.8. The predicted octanol–water partition coefficient (Wildman–Crippen LogP) is 2.88. The molecule has 1 amide bonds. The third kappa shape index (κ3) is 3.25. The molecule has 142 valence electrons. The minimum absolute atomic E-state index is 0.0296. The predicted molar refractivity (Wildman–Crippen MR) is 103 cm³/mol. The highest BCUT2D eigenvalue weighted by molar-refractivity contribution is 6.30. The monoisotopic (exact) mass is 396 g/mol. The van der Waals surface area contributed by atoms with Crippen LogP contribution in [0.2, 0.25) is 5.02 Å². The molecule has 1 atom stereocenters. The van der Waals surface area contributed by atoms with E-state index in [-0.39, 0.29) is 18.8 Å². The van der Waals surface area contributed by atoms with E-state index in [0.29, 0.717) is 16.5 Å². The van der Waals surface area contributed by atoms with Gasteiger partial charge >= 0.3 is 5.97 Å². The number of carboxylic acid groups (broad SMARTS) is 1. The first-order valence-corrected chi connectivity index (χ1v) is 9.12. The van der Waals surface area contributed by atoms with Crippen molar-refractivity contribution in [2.75, 3.05) is 0 Å². The molecule has 7 nitrogen and oxygen atoms in total. The van der Waals surface area contributed by atoms with Gasteiger partial charge in [0.05, 0.1) is 5.69 Å². The fraction of sp³-hybridized carbons (Fsp3) is 0.200. The minimum Gasteiger partial charge on any atom is -0.480 e. The van der Waals surface area contributed by atoms with E-state index in [2.05, 4.69) is 10.1 Å². The van der Waals surface area contributed by atoms with Crippen molar-refractivity contribution in [1.82, 2.24) is 19.7 Å². The molecule has 1 aliphatic heterocycles. The number of aromatic nitrogens is 3. The molecule has 0 saturated heterocycles. The third-order valence-electron chi connectivity index (χ3n) is 4.83. The first kappa shape index (κ1) is 18.2. The van der Waals surface area contributed by atoms with Crippen molar-refractivity contribution in [3.8, 4) is 5.69 Å². The van der Waals surface area contributed by atoms with Gasteiger partial charge in [0, 0.05) is 18.0 Å². The van der Waals surface area contributed by atoms with Crippen LogP contribution in [0.5, 0.6) is 0 Å². The largest absolute Gasteiger partial charge is 0.480 e. The Hall–Kier alpha value is -3.19. The van der Waals surface area contributed by atoms with Crippen LogP contribution in [0.4, 0.5) is 0 Å². The minimum atomic E-state index is -1.04. The second kappa shape index (κ2) is 7.09. The van der Waals surface area contributed by atoms with Crippen molar-refractivity contribution < 1.29 is 14.7 Å². The van der Waals surface area contributed by atoms with Crippen LogP contribution in [-0.2, 0) is 17.8 Å². The Morgan fingerprint density at radius 1 is 1.11 bits per heavy atom. The van der Waals surface area contributed by atoms with Crippen LogP contribution in [0.25, 0.3) is 5.69 Å². The molecule has 0 bridgehead atoms. The molecule has 1 unspecified atom stereocenters. The molecule has 0 radical (unpaired) electrons. The number of hydrogen-bond acceptors (Lipinski definition) is 4. The summed E-state index contributed by atoms with van der Waals surface area (Å²) in [4.78, 5) is 30.5. The quantitative estimate of drug-likeness (QED) is 0.735. The number of benzene rings is 2. The summed E-state index contributed by atoms with van der Waals surface area (Å²) in [5.41, 5.74) is 2.59. The Kier molecular flexibility index (Phi) is 4.60. The first-order valence-electron chi connectivity index (χ1n) is 8.74. The molecule has 1 aromatic heterocycles. The lowest BCUT2D eigenvalue weighted by Crippen LogP contribution is -2.49. The van der Waals surface area contributed by atoms with Crippen LogP contribution in [0.3, 0.4) is 0 Å². The number of halogens is 1. The van der Waals surface area contributed by atoms with Gasteiger partial charge in [-0.15, -0.1) is 5.10 Å². The van der Waals surface area contributed by atoms with Crippen LogP contribution < -0.4 is 0 Å². The van der Waals surface area contributed by atoms with Crippen molar-refractivity contribution in [1.29, 1.82) is 0 Å². The Labute approximate surface area is 166 Å². The molecule has 0 fully saturated rings. The Morgan fingerprint density at radius 2 is 1.79 bits per heavy atom. The number of carbonyl (C=O) groups is 2. The highest BCUT2D eigenvalue weighted by Gasteiger charge is 2.36. The molecule has 0 aliphatic carbocycles. The Balaban J connectivity index is 1.68. The summed E-state index contributed by atoms with van der Waals surface area (Å²) in [6.45, 7) is 1.94. The fourth-order valence-corrected chi connectivity index (χ4v) is 3.52. The molecule has 28 heavy (non-hydrogen) atoms. The van der Waals surface area contributed by atoms with Gasteiger partial charge in [0.15, 0.2) is 0 Å². The highest BCUT2D eigenvalue weighted by atomic mass is 35.5. The number of hydrogen-bond donors (Lipinski definition) is 1. The maximum Gasteiger partial charge on any atom is 0.326 e. The fourth-order valence-electron chi connectivity index (χ4n) is 3.39. The maximum atomic E-state index is 13.1. The molecule has 2 aromatic carbocycles. The van der Waals surface area contributed by atoms with E-state index in [1.807, 2.05) is 24.3 Å². The number of rotatable bonds is 3. The summed E-state index contributed by atoms with van der Waals surface area (Å²) in [7, 11) is 0. The lowest BCUT2D eigenvalue weighted by molar-refractivity contribution is -0.142. The Morgan fingerprint density at radius 3 is 2.46 bits per heavy atom. The number of aliphatic carboxylic acids is 1. The van der Waals surface area contributed by atoms with E-state index in [0.717, 1.165) is 11.1 Å². The van der Waals surface area contributed by atoms with E-state index in [4.69, 9.17) is 11.6 Å². The number of carboxylic acids is 1. The van der Waals surface area contributed by atoms with Gasteiger partial charge in [-0.2, -0.15) is 0 Å². The average Bonchev–Trinajstić information content (AvgIpc) is 3.08. The standard InChI is InChI=1S/C20H17ClN4O3/c1-12-22-18(23-25(12)16-8-6-15(21)7-9-16)19(26)24-11-14-5-3-2-4-13(14)10-17(24)20(27)28/h2-9,17H,10-11H2,1H3,(H,27,28). The lowest BCUT2D eigenvalue weighted by Gasteiger charge is -2.33. The number of aryl methyl sites for hydroxylation is 1. The van der Waals surface area contributed by atoms with Crippen LogP contribution >= 0.6 is 11.6 Å². The summed E-state index contributed by atoms with van der Waals surface area (Å²) in [6.07, 6.45) is 0.258. The third-order valence-corrected chi connectivity index (χ3v) is 5.08. The van der Waals surface area contributed by atoms with E-state index < -0.39 is 17.9 Å². The van der Waals surface area contributed by atoms with Crippen molar-refractivity contribution in [3.05, 3.63) is 76.3 Å². The second-order valence-electron chi connectivity index (χ2n) is 6.63. The molecule has 0 spiro atoms. The molecule has 1 N–H and O–H groups in total. The van der Waals surface area contributed by atoms with E-state index in [1.165, 1.54) is 9.58 Å². The highest BCUT2D eigenvalue weighted by Crippen LogP contribution is 2.25. The van der Waals surface area contributed by atoms with E-state index in [1.54, 1.807) is 31.2 Å². The summed E-state index contributed by atoms with van der Waals surface area (Å²) < 4.78 is 1.54. The molecular weight excluding hydrogens is 380 g/mol. The first-order chi connectivity index (χ1) is 13.4. The number of fused-ring (bicyclic) bond motifs is 1. The molecule has 4 rings (SSSR count). The molecule has 2 heterocycles. The molecule has 0 saturated carbocycles. The topological polar surface area (TPSA) is 88.3 Å². The van der Waals surface area contributed by atoms with Crippen molar-refractivity contribution in [3.63, 3.8) is 0 Å². The normalized spacial score (nSPS) is 15.9. The summed E-state index contributed by atoms with van der Waals surface area (Å²) >= 11 is 5.92. The number of amides is 1. The van der Waals surface area contributed by atoms with E-state index >= 15 is 0 Å². The van der Waals surface area contributed by atoms with Gasteiger partial charge < -0.3 is 10.0 Å². The van der Waals surface area contributed by atoms with Gasteiger partial charge in [-0.1, -0.05) is 35.9 Å². The summed E-state index contributed by atoms with van der Waals surface area (Å²) in [5, 5.41) is 14.5. The van der Waals surface area contributed by atoms with Crippen molar-refractivity contribution in [2.45, 2.75) is 25.9 Å². The van der Waals surface area contributed by atoms with Crippen molar-refractivity contribution >= 4 is 23.5 Å². The zero-order chi connectivity index (χ0) is 19.8. The van der Waals surface area contributed by atoms with Gasteiger partial charge in [-0.3, -0.25) is 4.79 Å². The van der Waals surface area contributed by atoms with Gasteiger partial charge in [0.25, 0.3) is 5.91 Å². The SMILES string of the molecule is Cc1nc(C(=O)N2Cc3ccccc3CC2C(=O)O)nn1-c1ccc(Cl)cc1. The van der Waals surface area contributed by atoms with Crippen LogP contribution in [-0.4, -0.2) is 42.7 Å². The number of nitrogens with zero attached hydrogens (tertiary/aromatic N) is 4. The molecule has 8 heteroatoms. The smallest absolute Gasteiger partial charge is 0.326 e. The summed E-state index contributed by atoms with van der Waals surface area (Å²) in [6, 6.07) is 13.6. The molecular formula is C20H17ClN4O3. The second-order valence-corrected chi connectivity index (χ2v) is 7.07. The van der Waals surface area contributed by atoms with Gasteiger partial charge in [0.1, 0.15) is 11.9 Å². The maximum absolute atomic E-state index is 13.1. The molecule has 3 aromatic rings. The molecule has 1 aliphatic rings. The van der Waals surface area contributed by atoms with Crippen LogP contribution in [0.1, 0.15) is 27.6 Å². The van der Waals surface area contributed by atoms with Crippen LogP contribution in [0.15, 0.2) is 48.5 Å². The van der Waals surface area contributed by atoms with Crippen molar-refractivity contribution in [2.24, 2.45) is 0 Å².